The van der Waals surface area contributed by atoms with Gasteiger partial charge in [0.25, 0.3) is 0 Å². The summed E-state index contributed by atoms with van der Waals surface area (Å²) in [5.74, 6) is -0.540. The summed E-state index contributed by atoms with van der Waals surface area (Å²) in [6, 6.07) is 2.14. The van der Waals surface area contributed by atoms with Crippen molar-refractivity contribution in [1.29, 1.82) is 0 Å². The smallest absolute Gasteiger partial charge is 0.306 e. The number of carboxylic acid groups (broad SMARTS) is 1. The Balaban J connectivity index is 1.88. The molecular formula is C16H27N3O2. The Morgan fingerprint density at radius 2 is 2.19 bits per heavy atom. The molecule has 2 N–H and O–H groups in total. The van der Waals surface area contributed by atoms with Gasteiger partial charge in [-0.05, 0) is 44.7 Å². The van der Waals surface area contributed by atoms with Gasteiger partial charge in [-0.3, -0.25) is 9.48 Å². The maximum absolute atomic E-state index is 11.3. The molecule has 21 heavy (non-hydrogen) atoms. The van der Waals surface area contributed by atoms with Crippen molar-refractivity contribution < 1.29 is 9.90 Å². The quantitative estimate of drug-likeness (QED) is 0.810. The van der Waals surface area contributed by atoms with Gasteiger partial charge in [-0.2, -0.15) is 5.10 Å². The minimum absolute atomic E-state index is 0.173. The van der Waals surface area contributed by atoms with E-state index in [1.54, 1.807) is 0 Å². The highest BCUT2D eigenvalue weighted by Gasteiger charge is 2.30. The number of hydrogen-bond acceptors (Lipinski definition) is 3. The standard InChI is InChI=1S/C16H27N3O2/c1-3-13-9-14(19(4-2)18-13)11-17-10-12-7-5-6-8-15(12)16(20)21/h9,12,15,17H,3-8,10-11H2,1-2H3,(H,20,21). The van der Waals surface area contributed by atoms with Gasteiger partial charge in [-0.25, -0.2) is 0 Å². The number of carboxylic acids is 1. The lowest BCUT2D eigenvalue weighted by Crippen LogP contribution is -2.34. The molecule has 0 bridgehead atoms. The molecule has 2 rings (SSSR count). The van der Waals surface area contributed by atoms with Gasteiger partial charge in [0.1, 0.15) is 0 Å². The molecule has 118 valence electrons. The van der Waals surface area contributed by atoms with Crippen molar-refractivity contribution in [2.75, 3.05) is 6.54 Å². The number of carbonyl (C=O) groups is 1. The lowest BCUT2D eigenvalue weighted by Gasteiger charge is -2.28. The molecule has 1 saturated carbocycles. The Bertz CT molecular complexity index is 470. The molecule has 1 fully saturated rings. The number of nitrogens with zero attached hydrogens (tertiary/aromatic N) is 2. The van der Waals surface area contributed by atoms with Crippen LogP contribution in [-0.2, 0) is 24.3 Å². The molecular weight excluding hydrogens is 266 g/mol. The summed E-state index contributed by atoms with van der Waals surface area (Å²) in [5.41, 5.74) is 2.31. The van der Waals surface area contributed by atoms with Gasteiger partial charge in [0.2, 0.25) is 0 Å². The zero-order valence-corrected chi connectivity index (χ0v) is 13.1. The molecule has 0 amide bonds. The van der Waals surface area contributed by atoms with Crippen LogP contribution in [0, 0.1) is 11.8 Å². The lowest BCUT2D eigenvalue weighted by molar-refractivity contribution is -0.144. The van der Waals surface area contributed by atoms with Gasteiger partial charge >= 0.3 is 5.97 Å². The summed E-state index contributed by atoms with van der Waals surface area (Å²) >= 11 is 0. The van der Waals surface area contributed by atoms with Crippen molar-refractivity contribution in [2.45, 2.75) is 59.0 Å². The molecule has 2 unspecified atom stereocenters. The number of aliphatic carboxylic acids is 1. The average molecular weight is 293 g/mol. The molecule has 5 nitrogen and oxygen atoms in total. The van der Waals surface area contributed by atoms with Crippen molar-refractivity contribution in [2.24, 2.45) is 11.8 Å². The predicted molar refractivity (Wildman–Crippen MR) is 82.1 cm³/mol. The van der Waals surface area contributed by atoms with Gasteiger partial charge in [-0.1, -0.05) is 19.8 Å². The van der Waals surface area contributed by atoms with Crippen molar-refractivity contribution >= 4 is 5.97 Å². The molecule has 1 aromatic heterocycles. The molecule has 1 aliphatic carbocycles. The first-order valence-electron chi connectivity index (χ1n) is 8.14. The van der Waals surface area contributed by atoms with Crippen molar-refractivity contribution in [3.63, 3.8) is 0 Å². The molecule has 5 heteroatoms. The predicted octanol–water partition coefficient (Wildman–Crippen LogP) is 2.45. The van der Waals surface area contributed by atoms with Crippen LogP contribution >= 0.6 is 0 Å². The number of aryl methyl sites for hydroxylation is 2. The monoisotopic (exact) mass is 293 g/mol. The van der Waals surface area contributed by atoms with Gasteiger partial charge in [0.15, 0.2) is 0 Å². The summed E-state index contributed by atoms with van der Waals surface area (Å²) < 4.78 is 2.03. The zero-order chi connectivity index (χ0) is 15.2. The van der Waals surface area contributed by atoms with Crippen molar-refractivity contribution in [3.05, 3.63) is 17.5 Å². The summed E-state index contributed by atoms with van der Waals surface area (Å²) in [6.45, 7) is 6.63. The molecule has 1 heterocycles. The first kappa shape index (κ1) is 16.0. The topological polar surface area (TPSA) is 67.2 Å². The van der Waals surface area contributed by atoms with Crippen LogP contribution in [0.25, 0.3) is 0 Å². The fraction of sp³-hybridized carbons (Fsp3) is 0.750. The minimum Gasteiger partial charge on any atom is -0.481 e. The highest BCUT2D eigenvalue weighted by atomic mass is 16.4. The van der Waals surface area contributed by atoms with Crippen LogP contribution in [0.1, 0.15) is 50.9 Å². The highest BCUT2D eigenvalue weighted by molar-refractivity contribution is 5.70. The highest BCUT2D eigenvalue weighted by Crippen LogP contribution is 2.29. The van der Waals surface area contributed by atoms with Gasteiger partial charge in [0.05, 0.1) is 17.3 Å². The second-order valence-corrected chi connectivity index (χ2v) is 5.92. The Kier molecular flexibility index (Phi) is 5.79. The molecule has 1 aromatic rings. The van der Waals surface area contributed by atoms with E-state index in [0.717, 1.165) is 57.4 Å². The third-order valence-electron chi connectivity index (χ3n) is 4.51. The van der Waals surface area contributed by atoms with Crippen LogP contribution in [0.3, 0.4) is 0 Å². The Morgan fingerprint density at radius 1 is 1.43 bits per heavy atom. The first-order chi connectivity index (χ1) is 10.2. The Hall–Kier alpha value is -1.36. The van der Waals surface area contributed by atoms with Gasteiger partial charge < -0.3 is 10.4 Å². The SMILES string of the molecule is CCc1cc(CNCC2CCCCC2C(=O)O)n(CC)n1. The second kappa shape index (κ2) is 7.59. The van der Waals surface area contributed by atoms with E-state index in [1.165, 1.54) is 5.69 Å². The summed E-state index contributed by atoms with van der Waals surface area (Å²) in [6.07, 6.45) is 5.01. The van der Waals surface area contributed by atoms with E-state index in [9.17, 15) is 9.90 Å². The van der Waals surface area contributed by atoms with E-state index in [-0.39, 0.29) is 11.8 Å². The van der Waals surface area contributed by atoms with Crippen molar-refractivity contribution in [3.8, 4) is 0 Å². The van der Waals surface area contributed by atoms with Crippen LogP contribution in [0.4, 0.5) is 0 Å². The number of hydrogen-bond donors (Lipinski definition) is 2. The Morgan fingerprint density at radius 3 is 2.86 bits per heavy atom. The van der Waals surface area contributed by atoms with Gasteiger partial charge in [-0.15, -0.1) is 0 Å². The number of rotatable bonds is 7. The molecule has 0 spiro atoms. The van der Waals surface area contributed by atoms with Crippen LogP contribution < -0.4 is 5.32 Å². The third-order valence-corrected chi connectivity index (χ3v) is 4.51. The average Bonchev–Trinajstić information content (AvgIpc) is 2.90. The maximum atomic E-state index is 11.3. The molecule has 0 radical (unpaired) electrons. The van der Waals surface area contributed by atoms with Crippen LogP contribution in [-0.4, -0.2) is 27.4 Å². The summed E-state index contributed by atoms with van der Waals surface area (Å²) in [5, 5.41) is 17.3. The van der Waals surface area contributed by atoms with Crippen LogP contribution in [0.5, 0.6) is 0 Å². The number of aromatic nitrogens is 2. The van der Waals surface area contributed by atoms with Crippen LogP contribution in [0.2, 0.25) is 0 Å². The lowest BCUT2D eigenvalue weighted by atomic mass is 9.79. The van der Waals surface area contributed by atoms with E-state index in [4.69, 9.17) is 0 Å². The third kappa shape index (κ3) is 4.06. The molecule has 0 aliphatic heterocycles. The first-order valence-corrected chi connectivity index (χ1v) is 8.14. The summed E-state index contributed by atoms with van der Waals surface area (Å²) in [7, 11) is 0. The fourth-order valence-electron chi connectivity index (χ4n) is 3.27. The number of nitrogens with one attached hydrogen (secondary N) is 1. The molecule has 0 aromatic carbocycles. The molecule has 1 aliphatic rings. The largest absolute Gasteiger partial charge is 0.481 e. The maximum Gasteiger partial charge on any atom is 0.306 e. The van der Waals surface area contributed by atoms with Crippen molar-refractivity contribution in [1.82, 2.24) is 15.1 Å². The summed E-state index contributed by atoms with van der Waals surface area (Å²) in [4.78, 5) is 11.3. The zero-order valence-electron chi connectivity index (χ0n) is 13.1. The molecule has 0 saturated heterocycles. The van der Waals surface area contributed by atoms with E-state index in [1.807, 2.05) is 4.68 Å². The van der Waals surface area contributed by atoms with E-state index >= 15 is 0 Å². The second-order valence-electron chi connectivity index (χ2n) is 5.92. The van der Waals surface area contributed by atoms with E-state index in [2.05, 4.69) is 30.3 Å². The normalized spacial score (nSPS) is 22.4. The van der Waals surface area contributed by atoms with E-state index < -0.39 is 5.97 Å². The minimum atomic E-state index is -0.631. The van der Waals surface area contributed by atoms with Crippen LogP contribution in [0.15, 0.2) is 6.07 Å². The Labute approximate surface area is 126 Å². The van der Waals surface area contributed by atoms with Gasteiger partial charge in [0, 0.05) is 13.1 Å². The molecule has 2 atom stereocenters. The van der Waals surface area contributed by atoms with E-state index in [0.29, 0.717) is 0 Å². The fourth-order valence-corrected chi connectivity index (χ4v) is 3.27.